The summed E-state index contributed by atoms with van der Waals surface area (Å²) in [4.78, 5) is 22.1. The summed E-state index contributed by atoms with van der Waals surface area (Å²) in [5.41, 5.74) is 2.51. The molecule has 1 saturated heterocycles. The number of hydrogen-bond donors (Lipinski definition) is 0. The average Bonchev–Trinajstić information content (AvgIpc) is 2.72. The molecule has 1 aliphatic rings. The van der Waals surface area contributed by atoms with Crippen LogP contribution in [0.25, 0.3) is 11.0 Å². The smallest absolute Gasteiger partial charge is 0.225 e. The third-order valence-corrected chi connectivity index (χ3v) is 6.24. The van der Waals surface area contributed by atoms with Gasteiger partial charge in [0.25, 0.3) is 0 Å². The maximum absolute atomic E-state index is 11.7. The zero-order chi connectivity index (χ0) is 19.5. The second kappa shape index (κ2) is 8.36. The first-order valence-electron chi connectivity index (χ1n) is 9.22. The Morgan fingerprint density at radius 3 is 2.57 bits per heavy atom. The van der Waals surface area contributed by atoms with Crippen LogP contribution in [-0.2, 0) is 17.3 Å². The Kier molecular flexibility index (Phi) is 5.68. The van der Waals surface area contributed by atoms with Crippen molar-refractivity contribution < 1.29 is 4.21 Å². The Balaban J connectivity index is 1.76. The van der Waals surface area contributed by atoms with Gasteiger partial charge in [-0.05, 0) is 24.1 Å². The monoisotopic (exact) mass is 416 g/mol. The molecular formula is C19H21ClN6OS. The largest absolute Gasteiger partial charge is 0.353 e. The van der Waals surface area contributed by atoms with Gasteiger partial charge in [-0.3, -0.25) is 4.21 Å². The highest BCUT2D eigenvalue weighted by atomic mass is 35.5. The molecule has 1 aromatic carbocycles. The lowest BCUT2D eigenvalue weighted by Crippen LogP contribution is -2.38. The standard InChI is InChI=1S/C19H21ClN6OS/c1-2-25(12-14-6-4-3-5-7-14)17-16-15(21-13-22-17)18(24-19(20)23-16)26-8-10-28(27)11-9-26/h3-7,13H,2,8-12H2,1H3. The maximum Gasteiger partial charge on any atom is 0.225 e. The third-order valence-electron chi connectivity index (χ3n) is 4.79. The van der Waals surface area contributed by atoms with Gasteiger partial charge in [-0.15, -0.1) is 0 Å². The Hall–Kier alpha value is -2.32. The lowest BCUT2D eigenvalue weighted by molar-refractivity contribution is 0.672. The number of aromatic nitrogens is 4. The number of hydrogen-bond acceptors (Lipinski definition) is 7. The van der Waals surface area contributed by atoms with Crippen LogP contribution in [0.3, 0.4) is 0 Å². The van der Waals surface area contributed by atoms with E-state index in [4.69, 9.17) is 11.6 Å². The van der Waals surface area contributed by atoms with Crippen molar-refractivity contribution in [2.45, 2.75) is 13.5 Å². The molecule has 3 aromatic rings. The van der Waals surface area contributed by atoms with E-state index in [2.05, 4.69) is 48.8 Å². The van der Waals surface area contributed by atoms with Crippen LogP contribution in [0.5, 0.6) is 0 Å². The van der Waals surface area contributed by atoms with E-state index in [9.17, 15) is 4.21 Å². The molecule has 28 heavy (non-hydrogen) atoms. The minimum Gasteiger partial charge on any atom is -0.353 e. The summed E-state index contributed by atoms with van der Waals surface area (Å²) in [5.74, 6) is 2.67. The molecule has 0 amide bonds. The highest BCUT2D eigenvalue weighted by Crippen LogP contribution is 2.30. The van der Waals surface area contributed by atoms with Crippen LogP contribution in [0.4, 0.5) is 11.6 Å². The van der Waals surface area contributed by atoms with Gasteiger partial charge in [0.15, 0.2) is 11.6 Å². The van der Waals surface area contributed by atoms with Crippen LogP contribution < -0.4 is 9.80 Å². The van der Waals surface area contributed by atoms with Gasteiger partial charge < -0.3 is 9.80 Å². The molecule has 2 aromatic heterocycles. The first-order chi connectivity index (χ1) is 13.7. The molecule has 146 valence electrons. The van der Waals surface area contributed by atoms with Crippen molar-refractivity contribution in [2.75, 3.05) is 40.9 Å². The van der Waals surface area contributed by atoms with Crippen molar-refractivity contribution in [3.8, 4) is 0 Å². The normalized spacial score (nSPS) is 15.1. The van der Waals surface area contributed by atoms with Gasteiger partial charge in [-0.25, -0.2) is 15.0 Å². The number of benzene rings is 1. The van der Waals surface area contributed by atoms with Gasteiger partial charge >= 0.3 is 0 Å². The van der Waals surface area contributed by atoms with E-state index in [1.165, 1.54) is 5.56 Å². The van der Waals surface area contributed by atoms with Gasteiger partial charge in [-0.2, -0.15) is 4.98 Å². The quantitative estimate of drug-likeness (QED) is 0.592. The van der Waals surface area contributed by atoms with E-state index in [0.29, 0.717) is 48.0 Å². The van der Waals surface area contributed by atoms with E-state index in [1.807, 2.05) is 18.2 Å². The molecule has 4 rings (SSSR count). The van der Waals surface area contributed by atoms with Crippen LogP contribution in [0.2, 0.25) is 5.28 Å². The van der Waals surface area contributed by atoms with Gasteiger partial charge in [0.2, 0.25) is 5.28 Å². The van der Waals surface area contributed by atoms with E-state index in [-0.39, 0.29) is 5.28 Å². The topological polar surface area (TPSA) is 75.1 Å². The molecule has 1 fully saturated rings. The van der Waals surface area contributed by atoms with Gasteiger partial charge in [-0.1, -0.05) is 30.3 Å². The van der Waals surface area contributed by atoms with Crippen molar-refractivity contribution in [2.24, 2.45) is 0 Å². The zero-order valence-corrected chi connectivity index (χ0v) is 17.2. The zero-order valence-electron chi connectivity index (χ0n) is 15.6. The Bertz CT molecular complexity index is 992. The SMILES string of the molecule is CCN(Cc1ccccc1)c1ncnc2c(N3CCS(=O)CC3)nc(Cl)nc12. The highest BCUT2D eigenvalue weighted by Gasteiger charge is 2.23. The lowest BCUT2D eigenvalue weighted by atomic mass is 10.2. The summed E-state index contributed by atoms with van der Waals surface area (Å²) in [6, 6.07) is 10.2. The molecule has 0 unspecified atom stereocenters. The number of halogens is 1. The number of fused-ring (bicyclic) bond motifs is 1. The Labute approximate surface area is 171 Å². The van der Waals surface area contributed by atoms with Gasteiger partial charge in [0.1, 0.15) is 17.4 Å². The van der Waals surface area contributed by atoms with Crippen molar-refractivity contribution >= 4 is 45.1 Å². The van der Waals surface area contributed by atoms with Crippen molar-refractivity contribution in [3.63, 3.8) is 0 Å². The van der Waals surface area contributed by atoms with E-state index in [1.54, 1.807) is 6.33 Å². The molecule has 0 N–H and O–H groups in total. The molecule has 7 nitrogen and oxygen atoms in total. The van der Waals surface area contributed by atoms with E-state index < -0.39 is 10.8 Å². The van der Waals surface area contributed by atoms with Crippen molar-refractivity contribution in [1.82, 2.24) is 19.9 Å². The average molecular weight is 417 g/mol. The maximum atomic E-state index is 11.7. The summed E-state index contributed by atoms with van der Waals surface area (Å²) in [6.45, 7) is 4.89. The predicted octanol–water partition coefficient (Wildman–Crippen LogP) is 2.67. The molecule has 0 atom stereocenters. The predicted molar refractivity (Wildman–Crippen MR) is 113 cm³/mol. The molecule has 0 spiro atoms. The summed E-state index contributed by atoms with van der Waals surface area (Å²) in [6.07, 6.45) is 1.55. The second-order valence-corrected chi connectivity index (χ2v) is 8.58. The third kappa shape index (κ3) is 3.93. The van der Waals surface area contributed by atoms with Gasteiger partial charge in [0.05, 0.1) is 0 Å². The van der Waals surface area contributed by atoms with E-state index >= 15 is 0 Å². The van der Waals surface area contributed by atoms with Gasteiger partial charge in [0, 0.05) is 48.5 Å². The number of rotatable bonds is 5. The lowest BCUT2D eigenvalue weighted by Gasteiger charge is -2.28. The molecule has 0 aliphatic carbocycles. The fourth-order valence-electron chi connectivity index (χ4n) is 3.34. The second-order valence-electron chi connectivity index (χ2n) is 6.55. The minimum absolute atomic E-state index is 0.168. The molecule has 1 aliphatic heterocycles. The van der Waals surface area contributed by atoms with Crippen LogP contribution in [0, 0.1) is 0 Å². The molecule has 3 heterocycles. The Morgan fingerprint density at radius 2 is 1.86 bits per heavy atom. The summed E-state index contributed by atoms with van der Waals surface area (Å²) in [7, 11) is -0.769. The van der Waals surface area contributed by atoms with Crippen LogP contribution in [0.1, 0.15) is 12.5 Å². The van der Waals surface area contributed by atoms with Crippen LogP contribution >= 0.6 is 11.6 Å². The minimum atomic E-state index is -0.769. The fraction of sp³-hybridized carbons (Fsp3) is 0.368. The van der Waals surface area contributed by atoms with Crippen molar-refractivity contribution in [3.05, 3.63) is 47.5 Å². The molecular weight excluding hydrogens is 396 g/mol. The van der Waals surface area contributed by atoms with E-state index in [0.717, 1.165) is 12.4 Å². The highest BCUT2D eigenvalue weighted by molar-refractivity contribution is 7.85. The molecule has 0 radical (unpaired) electrons. The number of anilines is 2. The van der Waals surface area contributed by atoms with Crippen LogP contribution in [0.15, 0.2) is 36.7 Å². The number of nitrogens with zero attached hydrogens (tertiary/aromatic N) is 6. The van der Waals surface area contributed by atoms with Crippen molar-refractivity contribution in [1.29, 1.82) is 0 Å². The Morgan fingerprint density at radius 1 is 1.11 bits per heavy atom. The van der Waals surface area contributed by atoms with Crippen LogP contribution in [-0.4, -0.2) is 55.3 Å². The summed E-state index contributed by atoms with van der Waals surface area (Å²) < 4.78 is 11.7. The summed E-state index contributed by atoms with van der Waals surface area (Å²) >= 11 is 6.27. The summed E-state index contributed by atoms with van der Waals surface area (Å²) in [5, 5.41) is 0.168. The molecule has 0 saturated carbocycles. The first-order valence-corrected chi connectivity index (χ1v) is 11.1. The fourth-order valence-corrected chi connectivity index (χ4v) is 4.55. The molecule has 0 bridgehead atoms. The molecule has 9 heteroatoms. The first kappa shape index (κ1) is 19.0.